The van der Waals surface area contributed by atoms with Gasteiger partial charge >= 0.3 is 6.09 Å². The minimum Gasteiger partial charge on any atom is -0.447 e. The molecule has 8 heteroatoms. The first kappa shape index (κ1) is 17.2. The third-order valence-electron chi connectivity index (χ3n) is 4.96. The van der Waals surface area contributed by atoms with Crippen LogP contribution in [0.1, 0.15) is 19.4 Å². The largest absolute Gasteiger partial charge is 0.447 e. The number of anilines is 1. The highest BCUT2D eigenvalue weighted by Gasteiger charge is 2.59. The minimum atomic E-state index is -0.835. The second kappa shape index (κ2) is 5.64. The zero-order valence-electron chi connectivity index (χ0n) is 14.5. The van der Waals surface area contributed by atoms with Gasteiger partial charge in [0.1, 0.15) is 11.2 Å². The molecule has 4 rings (SSSR count). The lowest BCUT2D eigenvalue weighted by atomic mass is 9.73. The molecule has 26 heavy (non-hydrogen) atoms. The summed E-state index contributed by atoms with van der Waals surface area (Å²) in [5.41, 5.74) is 1.13. The average Bonchev–Trinajstić information content (AvgIpc) is 2.75. The zero-order valence-corrected chi connectivity index (χ0v) is 16.1. The first-order chi connectivity index (χ1) is 12.2. The molecule has 0 saturated carbocycles. The van der Waals surface area contributed by atoms with Crippen molar-refractivity contribution in [3.63, 3.8) is 0 Å². The van der Waals surface area contributed by atoms with E-state index in [1.807, 2.05) is 0 Å². The Labute approximate surface area is 158 Å². The van der Waals surface area contributed by atoms with Crippen molar-refractivity contribution in [1.29, 1.82) is 0 Å². The molecule has 1 aromatic carbocycles. The van der Waals surface area contributed by atoms with Gasteiger partial charge in [0.2, 0.25) is 5.91 Å². The second-order valence-corrected chi connectivity index (χ2v) is 7.89. The van der Waals surface area contributed by atoms with E-state index < -0.39 is 17.3 Å². The lowest BCUT2D eigenvalue weighted by molar-refractivity contribution is -0.128. The van der Waals surface area contributed by atoms with E-state index in [0.29, 0.717) is 21.1 Å². The number of carbonyl (C=O) groups is 2. The molecule has 2 aromatic rings. The standard InChI is InChI=1S/C18H17BrFN3O3/c1-9(2)26-17(25)23-7-18(8-23)15-10-4-11(19)12(20)5-13(10)21-6-14(15)22(3)16(18)24/h4-6,9H,7-8H2,1-3H3. The fourth-order valence-electron chi connectivity index (χ4n) is 3.78. The summed E-state index contributed by atoms with van der Waals surface area (Å²) in [5, 5.41) is 0.713. The fraction of sp³-hybridized carbons (Fsp3) is 0.389. The molecular weight excluding hydrogens is 405 g/mol. The van der Waals surface area contributed by atoms with Gasteiger partial charge in [-0.2, -0.15) is 0 Å². The average molecular weight is 422 g/mol. The van der Waals surface area contributed by atoms with Crippen molar-refractivity contribution < 1.29 is 18.7 Å². The number of halogens is 2. The smallest absolute Gasteiger partial charge is 0.410 e. The Hall–Kier alpha value is -2.22. The van der Waals surface area contributed by atoms with Crippen LogP contribution < -0.4 is 4.90 Å². The molecule has 0 atom stereocenters. The van der Waals surface area contributed by atoms with Crippen molar-refractivity contribution in [2.24, 2.45) is 0 Å². The molecule has 136 valence electrons. The Balaban J connectivity index is 1.81. The van der Waals surface area contributed by atoms with Gasteiger partial charge in [0.25, 0.3) is 0 Å². The number of hydrogen-bond acceptors (Lipinski definition) is 4. The molecule has 2 amide bonds. The highest BCUT2D eigenvalue weighted by molar-refractivity contribution is 9.10. The number of aromatic nitrogens is 1. The van der Waals surface area contributed by atoms with Gasteiger partial charge in [0.05, 0.1) is 28.0 Å². The van der Waals surface area contributed by atoms with Gasteiger partial charge in [-0.1, -0.05) is 0 Å². The van der Waals surface area contributed by atoms with Crippen LogP contribution in [0, 0.1) is 5.82 Å². The van der Waals surface area contributed by atoms with Crippen LogP contribution in [0.3, 0.4) is 0 Å². The van der Waals surface area contributed by atoms with E-state index in [-0.39, 0.29) is 25.1 Å². The highest BCUT2D eigenvalue weighted by atomic mass is 79.9. The maximum Gasteiger partial charge on any atom is 0.410 e. The zero-order chi connectivity index (χ0) is 18.8. The Morgan fingerprint density at radius 2 is 2.08 bits per heavy atom. The van der Waals surface area contributed by atoms with Gasteiger partial charge in [0, 0.05) is 37.2 Å². The molecule has 1 spiro atoms. The van der Waals surface area contributed by atoms with Crippen molar-refractivity contribution in [2.75, 3.05) is 25.0 Å². The molecule has 0 N–H and O–H groups in total. The van der Waals surface area contributed by atoms with Crippen molar-refractivity contribution in [2.45, 2.75) is 25.4 Å². The summed E-state index contributed by atoms with van der Waals surface area (Å²) in [6.45, 7) is 4.04. The molecule has 2 aliphatic rings. The lowest BCUT2D eigenvalue weighted by Crippen LogP contribution is -2.65. The predicted octanol–water partition coefficient (Wildman–Crippen LogP) is 3.21. The number of carbonyl (C=O) groups excluding carboxylic acids is 2. The molecule has 1 aromatic heterocycles. The van der Waals surface area contributed by atoms with Crippen LogP contribution >= 0.6 is 15.9 Å². The second-order valence-electron chi connectivity index (χ2n) is 7.04. The monoisotopic (exact) mass is 421 g/mol. The van der Waals surface area contributed by atoms with E-state index in [2.05, 4.69) is 20.9 Å². The summed E-state index contributed by atoms with van der Waals surface area (Å²) in [7, 11) is 1.69. The number of fused-ring (bicyclic) bond motifs is 4. The summed E-state index contributed by atoms with van der Waals surface area (Å²) < 4.78 is 19.4. The van der Waals surface area contributed by atoms with Gasteiger partial charge in [0.15, 0.2) is 0 Å². The third-order valence-corrected chi connectivity index (χ3v) is 5.57. The van der Waals surface area contributed by atoms with Crippen molar-refractivity contribution in [3.8, 4) is 0 Å². The van der Waals surface area contributed by atoms with Gasteiger partial charge in [-0.25, -0.2) is 9.18 Å². The van der Waals surface area contributed by atoms with Crippen LogP contribution in [0.4, 0.5) is 14.9 Å². The summed E-state index contributed by atoms with van der Waals surface area (Å²) in [6.07, 6.45) is 0.935. The number of ether oxygens (including phenoxy) is 1. The summed E-state index contributed by atoms with van der Waals surface area (Å²) in [6, 6.07) is 3.00. The maximum atomic E-state index is 13.9. The normalized spacial score (nSPS) is 17.8. The fourth-order valence-corrected chi connectivity index (χ4v) is 4.12. The molecule has 3 heterocycles. The van der Waals surface area contributed by atoms with Crippen LogP contribution in [0.15, 0.2) is 22.8 Å². The Morgan fingerprint density at radius 3 is 2.73 bits per heavy atom. The predicted molar refractivity (Wildman–Crippen MR) is 97.7 cm³/mol. The summed E-state index contributed by atoms with van der Waals surface area (Å²) in [5.74, 6) is -0.497. The molecule has 2 aliphatic heterocycles. The van der Waals surface area contributed by atoms with Crippen LogP contribution in [0.2, 0.25) is 0 Å². The SMILES string of the molecule is CC(C)OC(=O)N1CC2(C1)C(=O)N(C)c1cnc3cc(F)c(Br)cc3c12. The topological polar surface area (TPSA) is 62.7 Å². The number of rotatable bonds is 1. The number of pyridine rings is 1. The van der Waals surface area contributed by atoms with Crippen LogP contribution in [-0.4, -0.2) is 48.1 Å². The van der Waals surface area contributed by atoms with Crippen molar-refractivity contribution in [3.05, 3.63) is 34.2 Å². The Bertz CT molecular complexity index is 956. The quantitative estimate of drug-likeness (QED) is 0.708. The number of hydrogen-bond donors (Lipinski definition) is 0. The van der Waals surface area contributed by atoms with Crippen molar-refractivity contribution >= 4 is 44.5 Å². The molecule has 0 radical (unpaired) electrons. The van der Waals surface area contributed by atoms with Gasteiger partial charge in [-0.3, -0.25) is 9.78 Å². The van der Waals surface area contributed by atoms with E-state index in [0.717, 1.165) is 5.56 Å². The molecule has 6 nitrogen and oxygen atoms in total. The summed E-state index contributed by atoms with van der Waals surface area (Å²) in [4.78, 5) is 32.5. The van der Waals surface area contributed by atoms with E-state index in [1.54, 1.807) is 38.1 Å². The number of benzene rings is 1. The Kier molecular flexibility index (Phi) is 3.73. The van der Waals surface area contributed by atoms with Crippen molar-refractivity contribution in [1.82, 2.24) is 9.88 Å². The maximum absolute atomic E-state index is 13.9. The van der Waals surface area contributed by atoms with E-state index in [4.69, 9.17) is 4.74 Å². The van der Waals surface area contributed by atoms with Crippen LogP contribution in [-0.2, 0) is 14.9 Å². The molecule has 0 bridgehead atoms. The minimum absolute atomic E-state index is 0.0872. The first-order valence-corrected chi connectivity index (χ1v) is 9.06. The van der Waals surface area contributed by atoms with E-state index in [9.17, 15) is 14.0 Å². The third kappa shape index (κ3) is 2.24. The van der Waals surface area contributed by atoms with Gasteiger partial charge in [-0.05, 0) is 35.8 Å². The number of likely N-dealkylation sites (N-methyl/N-ethyl adjacent to an activating group) is 1. The number of nitrogens with zero attached hydrogens (tertiary/aromatic N) is 3. The lowest BCUT2D eigenvalue weighted by Gasteiger charge is -2.46. The molecule has 1 fully saturated rings. The molecule has 0 unspecified atom stereocenters. The van der Waals surface area contributed by atoms with Gasteiger partial charge < -0.3 is 14.5 Å². The summed E-state index contributed by atoms with van der Waals surface area (Å²) >= 11 is 3.21. The van der Waals surface area contributed by atoms with Crippen LogP contribution in [0.5, 0.6) is 0 Å². The number of likely N-dealkylation sites (tertiary alicyclic amines) is 1. The van der Waals surface area contributed by atoms with Gasteiger partial charge in [-0.15, -0.1) is 0 Å². The highest BCUT2D eigenvalue weighted by Crippen LogP contribution is 2.49. The van der Waals surface area contributed by atoms with E-state index in [1.165, 1.54) is 11.0 Å². The Morgan fingerprint density at radius 1 is 1.38 bits per heavy atom. The molecule has 0 aliphatic carbocycles. The first-order valence-electron chi connectivity index (χ1n) is 8.26. The molecule has 1 saturated heterocycles. The van der Waals surface area contributed by atoms with Crippen LogP contribution in [0.25, 0.3) is 10.9 Å². The number of amides is 2. The van der Waals surface area contributed by atoms with E-state index >= 15 is 0 Å². The molecular formula is C18H17BrFN3O3.